The maximum atomic E-state index is 12.3. The number of thiophene rings is 1. The van der Waals surface area contributed by atoms with E-state index in [1.54, 1.807) is 6.07 Å². The topological polar surface area (TPSA) is 57.6 Å². The Balaban J connectivity index is 2.02. The second kappa shape index (κ2) is 6.82. The molecule has 1 aromatic rings. The van der Waals surface area contributed by atoms with Crippen LogP contribution in [0.1, 0.15) is 35.4 Å². The molecule has 5 heteroatoms. The Morgan fingerprint density at radius 3 is 2.63 bits per heavy atom. The van der Waals surface area contributed by atoms with E-state index in [1.165, 1.54) is 17.8 Å². The van der Waals surface area contributed by atoms with E-state index in [9.17, 15) is 9.59 Å². The minimum Gasteiger partial charge on any atom is -0.481 e. The van der Waals surface area contributed by atoms with Crippen molar-refractivity contribution >= 4 is 23.1 Å². The zero-order chi connectivity index (χ0) is 13.7. The average molecular weight is 281 g/mol. The molecule has 1 aromatic heterocycles. The first kappa shape index (κ1) is 14.2. The highest BCUT2D eigenvalue weighted by atomic mass is 32.1. The van der Waals surface area contributed by atoms with E-state index in [0.29, 0.717) is 11.4 Å². The third kappa shape index (κ3) is 4.14. The van der Waals surface area contributed by atoms with Gasteiger partial charge in [0.15, 0.2) is 5.78 Å². The smallest absolute Gasteiger partial charge is 0.304 e. The highest BCUT2D eigenvalue weighted by Crippen LogP contribution is 2.20. The second-order valence-corrected chi connectivity index (χ2v) is 5.95. The van der Waals surface area contributed by atoms with Gasteiger partial charge in [0.2, 0.25) is 0 Å². The Morgan fingerprint density at radius 1 is 1.32 bits per heavy atom. The molecular formula is C14H19NO3S. The van der Waals surface area contributed by atoms with Gasteiger partial charge in [0.25, 0.3) is 0 Å². The number of carbonyl (C=O) groups excluding carboxylic acids is 1. The van der Waals surface area contributed by atoms with Crippen LogP contribution in [0.15, 0.2) is 17.5 Å². The van der Waals surface area contributed by atoms with Crippen LogP contribution in [-0.2, 0) is 4.79 Å². The maximum Gasteiger partial charge on any atom is 0.304 e. The molecule has 1 saturated heterocycles. The Kier molecular flexibility index (Phi) is 5.10. The van der Waals surface area contributed by atoms with Crippen molar-refractivity contribution in [1.82, 2.24) is 4.90 Å². The first-order valence-corrected chi connectivity index (χ1v) is 7.56. The van der Waals surface area contributed by atoms with Gasteiger partial charge in [-0.3, -0.25) is 9.59 Å². The number of aliphatic carboxylic acids is 1. The van der Waals surface area contributed by atoms with Crippen molar-refractivity contribution in [3.8, 4) is 0 Å². The van der Waals surface area contributed by atoms with Gasteiger partial charge in [-0.05, 0) is 37.4 Å². The highest BCUT2D eigenvalue weighted by molar-refractivity contribution is 7.12. The maximum absolute atomic E-state index is 12.3. The van der Waals surface area contributed by atoms with Crippen LogP contribution >= 0.6 is 11.3 Å². The molecule has 104 valence electrons. The number of rotatable bonds is 6. The second-order valence-electron chi connectivity index (χ2n) is 5.00. The van der Waals surface area contributed by atoms with Crippen LogP contribution < -0.4 is 0 Å². The summed E-state index contributed by atoms with van der Waals surface area (Å²) in [7, 11) is 0. The standard InChI is InChI=1S/C14H19NO3S/c16-13(17)9-11(10-15-6-2-1-3-7-15)14(18)12-5-4-8-19-12/h4-5,8,11H,1-3,6-7,9-10H2,(H,16,17). The fraction of sp³-hybridized carbons (Fsp3) is 0.571. The van der Waals surface area contributed by atoms with Crippen molar-refractivity contribution in [2.45, 2.75) is 25.7 Å². The molecule has 1 aliphatic rings. The molecule has 2 heterocycles. The Hall–Kier alpha value is -1.20. The molecule has 1 fully saturated rings. The quantitative estimate of drug-likeness (QED) is 0.814. The van der Waals surface area contributed by atoms with E-state index in [0.717, 1.165) is 25.9 Å². The Morgan fingerprint density at radius 2 is 2.05 bits per heavy atom. The van der Waals surface area contributed by atoms with Gasteiger partial charge in [-0.25, -0.2) is 0 Å². The van der Waals surface area contributed by atoms with E-state index in [1.807, 2.05) is 11.4 Å². The summed E-state index contributed by atoms with van der Waals surface area (Å²) in [6.07, 6.45) is 3.45. The SMILES string of the molecule is O=C(O)CC(CN1CCCCC1)C(=O)c1cccs1. The van der Waals surface area contributed by atoms with Gasteiger partial charge >= 0.3 is 5.97 Å². The van der Waals surface area contributed by atoms with Gasteiger partial charge in [0, 0.05) is 12.5 Å². The normalized spacial score (nSPS) is 18.1. The number of hydrogen-bond acceptors (Lipinski definition) is 4. The number of likely N-dealkylation sites (tertiary alicyclic amines) is 1. The van der Waals surface area contributed by atoms with Crippen LogP contribution in [0.5, 0.6) is 0 Å². The predicted octanol–water partition coefficient (Wildman–Crippen LogP) is 2.51. The van der Waals surface area contributed by atoms with Crippen LogP contribution in [0.4, 0.5) is 0 Å². The molecule has 0 bridgehead atoms. The third-order valence-corrected chi connectivity index (χ3v) is 4.37. The average Bonchev–Trinajstić information content (AvgIpc) is 2.91. The summed E-state index contributed by atoms with van der Waals surface area (Å²) >= 11 is 1.39. The molecule has 0 radical (unpaired) electrons. The summed E-state index contributed by atoms with van der Waals surface area (Å²) in [4.78, 5) is 26.2. The van der Waals surface area contributed by atoms with Crippen molar-refractivity contribution in [1.29, 1.82) is 0 Å². The van der Waals surface area contributed by atoms with E-state index in [4.69, 9.17) is 5.11 Å². The molecule has 0 aliphatic carbocycles. The molecule has 0 amide bonds. The van der Waals surface area contributed by atoms with Crippen LogP contribution in [0, 0.1) is 5.92 Å². The largest absolute Gasteiger partial charge is 0.481 e. The Labute approximate surface area is 117 Å². The number of carboxylic acid groups (broad SMARTS) is 1. The van der Waals surface area contributed by atoms with Crippen molar-refractivity contribution in [2.75, 3.05) is 19.6 Å². The molecule has 2 rings (SSSR count). The Bertz CT molecular complexity index is 424. The molecule has 1 aliphatic heterocycles. The first-order valence-electron chi connectivity index (χ1n) is 6.68. The lowest BCUT2D eigenvalue weighted by molar-refractivity contribution is -0.137. The minimum atomic E-state index is -0.896. The molecule has 19 heavy (non-hydrogen) atoms. The van der Waals surface area contributed by atoms with E-state index < -0.39 is 11.9 Å². The first-order chi connectivity index (χ1) is 9.16. The van der Waals surface area contributed by atoms with Crippen LogP contribution in [0.2, 0.25) is 0 Å². The molecule has 1 N–H and O–H groups in total. The lowest BCUT2D eigenvalue weighted by atomic mass is 9.97. The molecule has 4 nitrogen and oxygen atoms in total. The summed E-state index contributed by atoms with van der Waals surface area (Å²) < 4.78 is 0. The van der Waals surface area contributed by atoms with Crippen LogP contribution in [0.25, 0.3) is 0 Å². The predicted molar refractivity (Wildman–Crippen MR) is 74.7 cm³/mol. The van der Waals surface area contributed by atoms with Crippen LogP contribution in [-0.4, -0.2) is 41.4 Å². The third-order valence-electron chi connectivity index (χ3n) is 3.48. The van der Waals surface area contributed by atoms with Crippen molar-refractivity contribution in [3.05, 3.63) is 22.4 Å². The minimum absolute atomic E-state index is 0.0250. The highest BCUT2D eigenvalue weighted by Gasteiger charge is 2.26. The number of ketones is 1. The lowest BCUT2D eigenvalue weighted by Gasteiger charge is -2.29. The van der Waals surface area contributed by atoms with Crippen LogP contribution in [0.3, 0.4) is 0 Å². The van der Waals surface area contributed by atoms with Gasteiger partial charge < -0.3 is 10.0 Å². The number of carbonyl (C=O) groups is 2. The number of carboxylic acids is 1. The molecule has 0 saturated carbocycles. The number of Topliss-reactive ketones (excluding diaryl/α,β-unsaturated/α-hetero) is 1. The van der Waals surface area contributed by atoms with Crippen molar-refractivity contribution < 1.29 is 14.7 Å². The molecule has 0 spiro atoms. The van der Waals surface area contributed by atoms with Gasteiger partial charge in [-0.2, -0.15) is 0 Å². The van der Waals surface area contributed by atoms with E-state index in [2.05, 4.69) is 4.90 Å². The number of nitrogens with zero attached hydrogens (tertiary/aromatic N) is 1. The fourth-order valence-electron chi connectivity index (χ4n) is 2.52. The van der Waals surface area contributed by atoms with Gasteiger partial charge in [-0.15, -0.1) is 11.3 Å². The number of hydrogen-bond donors (Lipinski definition) is 1. The molecular weight excluding hydrogens is 262 g/mol. The monoisotopic (exact) mass is 281 g/mol. The van der Waals surface area contributed by atoms with E-state index >= 15 is 0 Å². The van der Waals surface area contributed by atoms with Gasteiger partial charge in [0.05, 0.1) is 11.3 Å². The molecule has 1 unspecified atom stereocenters. The fourth-order valence-corrected chi connectivity index (χ4v) is 3.27. The summed E-state index contributed by atoms with van der Waals surface area (Å²) in [6.45, 7) is 2.53. The van der Waals surface area contributed by atoms with Gasteiger partial charge in [0.1, 0.15) is 0 Å². The molecule has 0 aromatic carbocycles. The van der Waals surface area contributed by atoms with Crippen molar-refractivity contribution in [3.63, 3.8) is 0 Å². The van der Waals surface area contributed by atoms with Gasteiger partial charge in [-0.1, -0.05) is 12.5 Å². The lowest BCUT2D eigenvalue weighted by Crippen LogP contribution is -2.37. The van der Waals surface area contributed by atoms with Crippen molar-refractivity contribution in [2.24, 2.45) is 5.92 Å². The zero-order valence-electron chi connectivity index (χ0n) is 10.9. The summed E-state index contributed by atoms with van der Waals surface area (Å²) in [5.41, 5.74) is 0. The molecule has 1 atom stereocenters. The number of piperidine rings is 1. The summed E-state index contributed by atoms with van der Waals surface area (Å²) in [6, 6.07) is 3.61. The summed E-state index contributed by atoms with van der Waals surface area (Å²) in [5, 5.41) is 10.8. The summed E-state index contributed by atoms with van der Waals surface area (Å²) in [5.74, 6) is -1.34. The zero-order valence-corrected chi connectivity index (χ0v) is 11.7. The van der Waals surface area contributed by atoms with E-state index in [-0.39, 0.29) is 12.2 Å².